The number of benzene rings is 2. The van der Waals surface area contributed by atoms with Crippen LogP contribution in [0, 0.1) is 0 Å². The molecule has 2 heteroatoms. The normalized spacial score (nSPS) is 12.5. The maximum Gasteiger partial charge on any atom is 0.0935 e. The molecule has 3 aromatic rings. The largest absolute Gasteiger partial charge is 0.472 e. The van der Waals surface area contributed by atoms with E-state index in [-0.39, 0.29) is 12.0 Å². The van der Waals surface area contributed by atoms with Crippen LogP contribution in [-0.4, -0.2) is 6.04 Å². The third-order valence-corrected chi connectivity index (χ3v) is 3.80. The van der Waals surface area contributed by atoms with Crippen molar-refractivity contribution in [2.45, 2.75) is 18.4 Å². The lowest BCUT2D eigenvalue weighted by molar-refractivity contribution is 0.552. The standard InChI is InChI=1S/C19H19NO/c20-18(13-15-11-12-21-14-15)19(16-7-3-1-4-8-16)17-9-5-2-6-10-17/h1-12,14,18-19H,13,20H2. The summed E-state index contributed by atoms with van der Waals surface area (Å²) < 4.78 is 5.15. The van der Waals surface area contributed by atoms with Gasteiger partial charge in [-0.3, -0.25) is 0 Å². The Labute approximate surface area is 125 Å². The fourth-order valence-corrected chi connectivity index (χ4v) is 2.81. The van der Waals surface area contributed by atoms with Gasteiger partial charge in [0.25, 0.3) is 0 Å². The Morgan fingerprint density at radius 2 is 1.38 bits per heavy atom. The lowest BCUT2D eigenvalue weighted by Gasteiger charge is -2.24. The van der Waals surface area contributed by atoms with E-state index in [1.807, 2.05) is 18.2 Å². The Hall–Kier alpha value is -2.32. The predicted octanol–water partition coefficient (Wildman–Crippen LogP) is 3.98. The van der Waals surface area contributed by atoms with Crippen molar-refractivity contribution in [2.75, 3.05) is 0 Å². The summed E-state index contributed by atoms with van der Waals surface area (Å²) in [7, 11) is 0. The Balaban J connectivity index is 1.92. The molecule has 1 unspecified atom stereocenters. The molecule has 1 atom stereocenters. The predicted molar refractivity (Wildman–Crippen MR) is 85.1 cm³/mol. The van der Waals surface area contributed by atoms with E-state index < -0.39 is 0 Å². The lowest BCUT2D eigenvalue weighted by Crippen LogP contribution is -2.31. The van der Waals surface area contributed by atoms with Crippen LogP contribution < -0.4 is 5.73 Å². The smallest absolute Gasteiger partial charge is 0.0935 e. The number of nitrogens with two attached hydrogens (primary N) is 1. The first kappa shape index (κ1) is 13.7. The Bertz CT molecular complexity index is 607. The monoisotopic (exact) mass is 277 g/mol. The molecule has 0 aliphatic heterocycles. The van der Waals surface area contributed by atoms with Crippen molar-refractivity contribution in [3.8, 4) is 0 Å². The van der Waals surface area contributed by atoms with E-state index >= 15 is 0 Å². The highest BCUT2D eigenvalue weighted by atomic mass is 16.3. The molecule has 2 aromatic carbocycles. The van der Waals surface area contributed by atoms with Gasteiger partial charge in [-0.25, -0.2) is 0 Å². The molecule has 0 amide bonds. The van der Waals surface area contributed by atoms with Crippen molar-refractivity contribution in [3.63, 3.8) is 0 Å². The Kier molecular flexibility index (Phi) is 4.17. The zero-order valence-electron chi connectivity index (χ0n) is 11.9. The van der Waals surface area contributed by atoms with E-state index in [2.05, 4.69) is 48.5 Å². The minimum Gasteiger partial charge on any atom is -0.472 e. The molecule has 0 bridgehead atoms. The zero-order valence-corrected chi connectivity index (χ0v) is 11.9. The van der Waals surface area contributed by atoms with E-state index in [1.54, 1.807) is 12.5 Å². The van der Waals surface area contributed by atoms with E-state index in [0.717, 1.165) is 12.0 Å². The molecule has 0 fully saturated rings. The van der Waals surface area contributed by atoms with E-state index in [4.69, 9.17) is 10.2 Å². The van der Waals surface area contributed by atoms with Gasteiger partial charge in [-0.2, -0.15) is 0 Å². The second-order valence-corrected chi connectivity index (χ2v) is 5.30. The summed E-state index contributed by atoms with van der Waals surface area (Å²) in [5.41, 5.74) is 10.2. The number of rotatable bonds is 5. The summed E-state index contributed by atoms with van der Waals surface area (Å²) in [6, 6.07) is 22.9. The van der Waals surface area contributed by atoms with E-state index in [9.17, 15) is 0 Å². The van der Waals surface area contributed by atoms with Crippen LogP contribution in [0.4, 0.5) is 0 Å². The van der Waals surface area contributed by atoms with Gasteiger partial charge in [0, 0.05) is 12.0 Å². The van der Waals surface area contributed by atoms with Crippen LogP contribution in [0.3, 0.4) is 0 Å². The summed E-state index contributed by atoms with van der Waals surface area (Å²) >= 11 is 0. The van der Waals surface area contributed by atoms with Crippen LogP contribution in [-0.2, 0) is 6.42 Å². The van der Waals surface area contributed by atoms with Crippen LogP contribution in [0.25, 0.3) is 0 Å². The van der Waals surface area contributed by atoms with Gasteiger partial charge in [0.05, 0.1) is 12.5 Å². The molecule has 0 radical (unpaired) electrons. The number of furan rings is 1. The third-order valence-electron chi connectivity index (χ3n) is 3.80. The highest BCUT2D eigenvalue weighted by Gasteiger charge is 2.22. The SMILES string of the molecule is NC(Cc1ccoc1)C(c1ccccc1)c1ccccc1. The first-order valence-electron chi connectivity index (χ1n) is 7.21. The van der Waals surface area contributed by atoms with E-state index in [1.165, 1.54) is 11.1 Å². The molecule has 0 spiro atoms. The molecular weight excluding hydrogens is 258 g/mol. The summed E-state index contributed by atoms with van der Waals surface area (Å²) in [5.74, 6) is 0.183. The fourth-order valence-electron chi connectivity index (χ4n) is 2.81. The molecule has 2 N–H and O–H groups in total. The van der Waals surface area contributed by atoms with Gasteiger partial charge in [0.1, 0.15) is 0 Å². The maximum atomic E-state index is 6.53. The van der Waals surface area contributed by atoms with Crippen LogP contribution >= 0.6 is 0 Å². The van der Waals surface area contributed by atoms with Crippen molar-refractivity contribution in [2.24, 2.45) is 5.73 Å². The third kappa shape index (κ3) is 3.23. The molecule has 0 saturated carbocycles. The van der Waals surface area contributed by atoms with Crippen molar-refractivity contribution in [1.29, 1.82) is 0 Å². The molecule has 2 nitrogen and oxygen atoms in total. The van der Waals surface area contributed by atoms with Crippen molar-refractivity contribution in [3.05, 3.63) is 95.9 Å². The number of hydrogen-bond acceptors (Lipinski definition) is 2. The molecule has 3 rings (SSSR count). The lowest BCUT2D eigenvalue weighted by atomic mass is 9.83. The van der Waals surface area contributed by atoms with Crippen LogP contribution in [0.5, 0.6) is 0 Å². The number of hydrogen-bond donors (Lipinski definition) is 1. The maximum absolute atomic E-state index is 6.53. The molecule has 0 aliphatic rings. The Morgan fingerprint density at radius 1 is 0.810 bits per heavy atom. The van der Waals surface area contributed by atoms with Gasteiger partial charge in [0.15, 0.2) is 0 Å². The summed E-state index contributed by atoms with van der Waals surface area (Å²) in [6.07, 6.45) is 4.26. The fraction of sp³-hybridized carbons (Fsp3) is 0.158. The molecule has 0 saturated heterocycles. The molecule has 1 aromatic heterocycles. The van der Waals surface area contributed by atoms with Gasteiger partial charge in [-0.05, 0) is 29.2 Å². The molecule has 21 heavy (non-hydrogen) atoms. The van der Waals surface area contributed by atoms with Crippen molar-refractivity contribution >= 4 is 0 Å². The summed E-state index contributed by atoms with van der Waals surface area (Å²) in [4.78, 5) is 0. The highest BCUT2D eigenvalue weighted by molar-refractivity contribution is 5.34. The topological polar surface area (TPSA) is 39.2 Å². The zero-order chi connectivity index (χ0) is 14.5. The van der Waals surface area contributed by atoms with Gasteiger partial charge in [-0.15, -0.1) is 0 Å². The molecular formula is C19H19NO. The first-order chi connectivity index (χ1) is 10.3. The second kappa shape index (κ2) is 6.42. The average Bonchev–Trinajstić information content (AvgIpc) is 3.02. The first-order valence-corrected chi connectivity index (χ1v) is 7.21. The second-order valence-electron chi connectivity index (χ2n) is 5.30. The van der Waals surface area contributed by atoms with Crippen LogP contribution in [0.2, 0.25) is 0 Å². The minimum atomic E-state index is 0.00685. The van der Waals surface area contributed by atoms with Crippen LogP contribution in [0.15, 0.2) is 83.7 Å². The van der Waals surface area contributed by atoms with E-state index in [0.29, 0.717) is 0 Å². The Morgan fingerprint density at radius 3 is 1.86 bits per heavy atom. The van der Waals surface area contributed by atoms with Crippen molar-refractivity contribution < 1.29 is 4.42 Å². The van der Waals surface area contributed by atoms with Gasteiger partial charge < -0.3 is 10.2 Å². The van der Waals surface area contributed by atoms with Crippen LogP contribution in [0.1, 0.15) is 22.6 Å². The highest BCUT2D eigenvalue weighted by Crippen LogP contribution is 2.28. The average molecular weight is 277 g/mol. The molecule has 1 heterocycles. The van der Waals surface area contributed by atoms with Gasteiger partial charge in [-0.1, -0.05) is 60.7 Å². The quantitative estimate of drug-likeness (QED) is 0.766. The van der Waals surface area contributed by atoms with Crippen molar-refractivity contribution in [1.82, 2.24) is 0 Å². The van der Waals surface area contributed by atoms with Gasteiger partial charge >= 0.3 is 0 Å². The minimum absolute atomic E-state index is 0.00685. The summed E-state index contributed by atoms with van der Waals surface area (Å²) in [6.45, 7) is 0. The molecule has 106 valence electrons. The summed E-state index contributed by atoms with van der Waals surface area (Å²) in [5, 5.41) is 0. The molecule has 0 aliphatic carbocycles. The van der Waals surface area contributed by atoms with Gasteiger partial charge in [0.2, 0.25) is 0 Å².